The number of hydrogen-bond donors (Lipinski definition) is 2. The first-order valence-corrected chi connectivity index (χ1v) is 10.8. The van der Waals surface area contributed by atoms with Crippen LogP contribution in [0.4, 0.5) is 5.69 Å². The van der Waals surface area contributed by atoms with Crippen molar-refractivity contribution in [3.05, 3.63) is 106 Å². The summed E-state index contributed by atoms with van der Waals surface area (Å²) in [6, 6.07) is 19.8. The van der Waals surface area contributed by atoms with Gasteiger partial charge in [-0.25, -0.2) is 5.01 Å². The highest BCUT2D eigenvalue weighted by molar-refractivity contribution is 5.98. The van der Waals surface area contributed by atoms with Crippen molar-refractivity contribution >= 4 is 28.1 Å². The first kappa shape index (κ1) is 21.2. The zero-order valence-electron chi connectivity index (χ0n) is 18.3. The van der Waals surface area contributed by atoms with Crippen molar-refractivity contribution in [2.75, 3.05) is 0 Å². The average Bonchev–Trinajstić information content (AvgIpc) is 3.49. The van der Waals surface area contributed by atoms with Gasteiger partial charge in [-0.1, -0.05) is 54.6 Å². The van der Waals surface area contributed by atoms with Crippen molar-refractivity contribution in [2.24, 2.45) is 0 Å². The zero-order valence-corrected chi connectivity index (χ0v) is 18.3. The van der Waals surface area contributed by atoms with Crippen molar-refractivity contribution in [2.45, 2.75) is 19.5 Å². The molecule has 170 valence electrons. The maximum Gasteiger partial charge on any atom is 0.320 e. The zero-order chi connectivity index (χ0) is 23.8. The monoisotopic (exact) mass is 455 g/mol. The topological polar surface area (TPSA) is 114 Å². The Bertz CT molecular complexity index is 1460. The van der Waals surface area contributed by atoms with Crippen LogP contribution in [0, 0.1) is 10.1 Å². The van der Waals surface area contributed by atoms with Crippen LogP contribution in [0.1, 0.15) is 34.6 Å². The summed E-state index contributed by atoms with van der Waals surface area (Å²) < 4.78 is 1.36. The van der Waals surface area contributed by atoms with E-state index in [1.807, 2.05) is 48.5 Å². The number of aryl methyl sites for hydroxylation is 1. The molecule has 0 saturated carbocycles. The van der Waals surface area contributed by atoms with Crippen molar-refractivity contribution in [1.82, 2.24) is 20.2 Å². The van der Waals surface area contributed by atoms with Gasteiger partial charge in [0.25, 0.3) is 0 Å². The lowest BCUT2D eigenvalue weighted by Crippen LogP contribution is -2.40. The third-order valence-electron chi connectivity index (χ3n) is 5.84. The number of nitro groups is 1. The molecule has 1 atom stereocenters. The number of amides is 1. The largest absolute Gasteiger partial charge is 0.508 e. The Kier molecular flexibility index (Phi) is 5.21. The van der Waals surface area contributed by atoms with Crippen LogP contribution in [-0.2, 0) is 6.54 Å². The molecule has 1 aliphatic rings. The van der Waals surface area contributed by atoms with Crippen LogP contribution in [0.5, 0.6) is 5.75 Å². The highest BCUT2D eigenvalue weighted by Gasteiger charge is 2.37. The van der Waals surface area contributed by atoms with Gasteiger partial charge in [-0.05, 0) is 41.5 Å². The first-order chi connectivity index (χ1) is 16.5. The number of aromatic nitrogens is 2. The maximum absolute atomic E-state index is 13.6. The molecule has 1 unspecified atom stereocenters. The first-order valence-electron chi connectivity index (χ1n) is 10.8. The van der Waals surface area contributed by atoms with Crippen LogP contribution < -0.4 is 5.43 Å². The summed E-state index contributed by atoms with van der Waals surface area (Å²) in [7, 11) is 0. The number of aromatic hydroxyl groups is 1. The molecule has 0 radical (unpaired) electrons. The molecular formula is C25H21N5O4. The fourth-order valence-electron chi connectivity index (χ4n) is 4.10. The lowest BCUT2D eigenvalue weighted by molar-refractivity contribution is -0.385. The number of nitrogens with one attached hydrogen (secondary N) is 1. The molecule has 9 nitrogen and oxygen atoms in total. The molecule has 0 fully saturated rings. The van der Waals surface area contributed by atoms with Gasteiger partial charge in [0, 0.05) is 12.1 Å². The molecule has 1 aliphatic heterocycles. The van der Waals surface area contributed by atoms with Crippen molar-refractivity contribution in [3.8, 4) is 5.75 Å². The molecule has 1 amide bonds. The van der Waals surface area contributed by atoms with Crippen LogP contribution >= 0.6 is 0 Å². The Labute approximate surface area is 194 Å². The average molecular weight is 455 g/mol. The number of benzene rings is 3. The van der Waals surface area contributed by atoms with Crippen LogP contribution in [0.15, 0.2) is 79.0 Å². The van der Waals surface area contributed by atoms with Gasteiger partial charge in [-0.2, -0.15) is 5.10 Å². The SMILES string of the molecule is CCn1cc([N+](=O)[O-])c(C(=O)N2NC(c3ccc4ccccc4c3)=CC2c2ccccc2O)n1. The van der Waals surface area contributed by atoms with Gasteiger partial charge in [0.15, 0.2) is 0 Å². The van der Waals surface area contributed by atoms with Gasteiger partial charge in [-0.15, -0.1) is 0 Å². The van der Waals surface area contributed by atoms with E-state index in [2.05, 4.69) is 10.5 Å². The van der Waals surface area contributed by atoms with Gasteiger partial charge in [0.05, 0.1) is 10.6 Å². The Morgan fingerprint density at radius 3 is 2.59 bits per heavy atom. The molecule has 0 bridgehead atoms. The highest BCUT2D eigenvalue weighted by atomic mass is 16.6. The van der Waals surface area contributed by atoms with E-state index in [0.717, 1.165) is 16.3 Å². The minimum absolute atomic E-state index is 0.0108. The number of carbonyl (C=O) groups is 1. The standard InChI is InChI=1S/C25H21N5O4/c1-2-28-15-22(30(33)34)24(27-28)25(32)29-21(19-9-5-6-10-23(19)31)14-20(26-29)18-12-11-16-7-3-4-8-17(16)13-18/h3-15,21,26,31H,2H2,1H3. The van der Waals surface area contributed by atoms with Crippen LogP contribution in [-0.4, -0.2) is 30.7 Å². The predicted molar refractivity (Wildman–Crippen MR) is 127 cm³/mol. The molecule has 0 saturated heterocycles. The Morgan fingerprint density at radius 2 is 1.85 bits per heavy atom. The second-order valence-corrected chi connectivity index (χ2v) is 7.91. The van der Waals surface area contributed by atoms with Crippen LogP contribution in [0.2, 0.25) is 0 Å². The van der Waals surface area contributed by atoms with E-state index in [-0.39, 0.29) is 17.1 Å². The lowest BCUT2D eigenvalue weighted by atomic mass is 10.0. The summed E-state index contributed by atoms with van der Waals surface area (Å²) in [6.45, 7) is 2.16. The van der Waals surface area contributed by atoms with E-state index in [4.69, 9.17) is 0 Å². The van der Waals surface area contributed by atoms with E-state index in [0.29, 0.717) is 17.8 Å². The fourth-order valence-corrected chi connectivity index (χ4v) is 4.10. The number of hydrogen-bond acceptors (Lipinski definition) is 6. The summed E-state index contributed by atoms with van der Waals surface area (Å²) in [4.78, 5) is 24.5. The molecule has 2 heterocycles. The third-order valence-corrected chi connectivity index (χ3v) is 5.84. The molecule has 2 N–H and O–H groups in total. The lowest BCUT2D eigenvalue weighted by Gasteiger charge is -2.25. The molecule has 4 aromatic rings. The fraction of sp³-hybridized carbons (Fsp3) is 0.120. The van der Waals surface area contributed by atoms with E-state index in [1.165, 1.54) is 22.0 Å². The van der Waals surface area contributed by atoms with Crippen LogP contribution in [0.25, 0.3) is 16.5 Å². The van der Waals surface area contributed by atoms with Crippen molar-refractivity contribution in [1.29, 1.82) is 0 Å². The summed E-state index contributed by atoms with van der Waals surface area (Å²) >= 11 is 0. The normalized spacial score (nSPS) is 15.3. The number of rotatable bonds is 5. The second kappa shape index (κ2) is 8.36. The van der Waals surface area contributed by atoms with Gasteiger partial charge >= 0.3 is 11.6 Å². The number of hydrazine groups is 1. The van der Waals surface area contributed by atoms with E-state index in [1.54, 1.807) is 25.1 Å². The summed E-state index contributed by atoms with van der Waals surface area (Å²) in [5.74, 6) is -0.657. The number of para-hydroxylation sites is 1. The molecule has 34 heavy (non-hydrogen) atoms. The molecule has 3 aromatic carbocycles. The van der Waals surface area contributed by atoms with E-state index in [9.17, 15) is 20.0 Å². The smallest absolute Gasteiger partial charge is 0.320 e. The second-order valence-electron chi connectivity index (χ2n) is 7.91. The Balaban J connectivity index is 1.59. The molecule has 0 spiro atoms. The number of fused-ring (bicyclic) bond motifs is 1. The number of phenols is 1. The highest BCUT2D eigenvalue weighted by Crippen LogP contribution is 2.37. The van der Waals surface area contributed by atoms with Crippen molar-refractivity contribution < 1.29 is 14.8 Å². The van der Waals surface area contributed by atoms with Gasteiger partial charge in [-0.3, -0.25) is 25.0 Å². The Hall–Kier alpha value is -4.66. The van der Waals surface area contributed by atoms with E-state index < -0.39 is 16.9 Å². The van der Waals surface area contributed by atoms with Crippen LogP contribution in [0.3, 0.4) is 0 Å². The maximum atomic E-state index is 13.6. The number of carbonyl (C=O) groups excluding carboxylic acids is 1. The van der Waals surface area contributed by atoms with Gasteiger partial charge in [0.2, 0.25) is 5.69 Å². The van der Waals surface area contributed by atoms with Crippen molar-refractivity contribution in [3.63, 3.8) is 0 Å². The van der Waals surface area contributed by atoms with Gasteiger partial charge < -0.3 is 5.11 Å². The molecular weight excluding hydrogens is 434 g/mol. The Morgan fingerprint density at radius 1 is 1.12 bits per heavy atom. The number of phenolic OH excluding ortho intramolecular Hbond substituents is 1. The van der Waals surface area contributed by atoms with Gasteiger partial charge in [0.1, 0.15) is 18.0 Å². The number of nitrogens with zero attached hydrogens (tertiary/aromatic N) is 4. The minimum Gasteiger partial charge on any atom is -0.508 e. The predicted octanol–water partition coefficient (Wildman–Crippen LogP) is 4.41. The molecule has 1 aromatic heterocycles. The third kappa shape index (κ3) is 3.62. The molecule has 9 heteroatoms. The minimum atomic E-state index is -0.707. The van der Waals surface area contributed by atoms with E-state index >= 15 is 0 Å². The molecule has 5 rings (SSSR count). The molecule has 0 aliphatic carbocycles. The quantitative estimate of drug-likeness (QED) is 0.340. The summed E-state index contributed by atoms with van der Waals surface area (Å²) in [6.07, 6.45) is 3.07. The summed E-state index contributed by atoms with van der Waals surface area (Å²) in [5.41, 5.74) is 4.42. The summed E-state index contributed by atoms with van der Waals surface area (Å²) in [5, 5.41) is 29.6.